The average Bonchev–Trinajstić information content (AvgIpc) is 2.71. The molecule has 0 amide bonds. The van der Waals surface area contributed by atoms with Gasteiger partial charge in [0.25, 0.3) is 0 Å². The maximum atomic E-state index is 5.49. The van der Waals surface area contributed by atoms with Crippen LogP contribution in [0.5, 0.6) is 0 Å². The second kappa shape index (κ2) is 4.36. The minimum atomic E-state index is 0.487. The molecule has 2 rings (SSSR count). The van der Waals surface area contributed by atoms with Crippen molar-refractivity contribution in [1.82, 2.24) is 25.7 Å². The van der Waals surface area contributed by atoms with E-state index in [4.69, 9.17) is 4.42 Å². The first-order valence-electron chi connectivity index (χ1n) is 4.99. The SMILES string of the molecule is CNCc1nnc(-c2cc(C)nnc2C)o1. The fourth-order valence-electron chi connectivity index (χ4n) is 1.35. The molecule has 6 nitrogen and oxygen atoms in total. The summed E-state index contributed by atoms with van der Waals surface area (Å²) < 4.78 is 5.49. The standard InChI is InChI=1S/C10H13N5O/c1-6-4-8(7(2)13-12-6)10-15-14-9(16-10)5-11-3/h4,11H,5H2,1-3H3. The first-order chi connectivity index (χ1) is 7.70. The van der Waals surface area contributed by atoms with Crippen molar-refractivity contribution in [1.29, 1.82) is 0 Å². The van der Waals surface area contributed by atoms with Crippen LogP contribution in [0.2, 0.25) is 0 Å². The van der Waals surface area contributed by atoms with Crippen LogP contribution in [0.3, 0.4) is 0 Å². The third-order valence-corrected chi connectivity index (χ3v) is 2.13. The minimum absolute atomic E-state index is 0.487. The molecule has 0 fully saturated rings. The summed E-state index contributed by atoms with van der Waals surface area (Å²) in [6.45, 7) is 4.30. The summed E-state index contributed by atoms with van der Waals surface area (Å²) in [6.07, 6.45) is 0. The lowest BCUT2D eigenvalue weighted by Crippen LogP contribution is -2.04. The van der Waals surface area contributed by atoms with Gasteiger partial charge < -0.3 is 9.73 Å². The maximum absolute atomic E-state index is 5.49. The molecule has 0 bridgehead atoms. The Morgan fingerprint density at radius 3 is 2.75 bits per heavy atom. The van der Waals surface area contributed by atoms with E-state index in [9.17, 15) is 0 Å². The van der Waals surface area contributed by atoms with Crippen molar-refractivity contribution in [2.45, 2.75) is 20.4 Å². The van der Waals surface area contributed by atoms with Gasteiger partial charge in [0, 0.05) is 0 Å². The van der Waals surface area contributed by atoms with Crippen molar-refractivity contribution in [2.75, 3.05) is 7.05 Å². The molecule has 0 aliphatic rings. The highest BCUT2D eigenvalue weighted by molar-refractivity contribution is 5.55. The summed E-state index contributed by atoms with van der Waals surface area (Å²) in [5.74, 6) is 1.05. The fraction of sp³-hybridized carbons (Fsp3) is 0.400. The van der Waals surface area contributed by atoms with Gasteiger partial charge in [-0.25, -0.2) is 0 Å². The molecule has 0 radical (unpaired) electrons. The topological polar surface area (TPSA) is 76.7 Å². The van der Waals surface area contributed by atoms with E-state index in [2.05, 4.69) is 25.7 Å². The third kappa shape index (κ3) is 2.06. The zero-order valence-electron chi connectivity index (χ0n) is 9.48. The predicted molar refractivity (Wildman–Crippen MR) is 57.6 cm³/mol. The molecule has 1 N–H and O–H groups in total. The highest BCUT2D eigenvalue weighted by atomic mass is 16.4. The van der Waals surface area contributed by atoms with Crippen molar-refractivity contribution < 1.29 is 4.42 Å². The van der Waals surface area contributed by atoms with Gasteiger partial charge >= 0.3 is 0 Å². The lowest BCUT2D eigenvalue weighted by molar-refractivity contribution is 0.490. The summed E-state index contributed by atoms with van der Waals surface area (Å²) >= 11 is 0. The van der Waals surface area contributed by atoms with E-state index in [1.807, 2.05) is 27.0 Å². The Hall–Kier alpha value is -1.82. The van der Waals surface area contributed by atoms with Crippen molar-refractivity contribution in [3.05, 3.63) is 23.3 Å². The average molecular weight is 219 g/mol. The fourth-order valence-corrected chi connectivity index (χ4v) is 1.35. The van der Waals surface area contributed by atoms with E-state index < -0.39 is 0 Å². The van der Waals surface area contributed by atoms with E-state index in [-0.39, 0.29) is 0 Å². The molecule has 84 valence electrons. The Morgan fingerprint density at radius 2 is 2.00 bits per heavy atom. The number of rotatable bonds is 3. The van der Waals surface area contributed by atoms with Crippen LogP contribution >= 0.6 is 0 Å². The molecular weight excluding hydrogens is 206 g/mol. The van der Waals surface area contributed by atoms with Gasteiger partial charge in [0.2, 0.25) is 11.8 Å². The smallest absolute Gasteiger partial charge is 0.249 e. The van der Waals surface area contributed by atoms with Gasteiger partial charge in [0.15, 0.2) is 0 Å². The van der Waals surface area contributed by atoms with Crippen LogP contribution < -0.4 is 5.32 Å². The number of aryl methyl sites for hydroxylation is 2. The number of nitrogens with zero attached hydrogens (tertiary/aromatic N) is 4. The van der Waals surface area contributed by atoms with Crippen LogP contribution in [0.25, 0.3) is 11.5 Å². The molecule has 0 spiro atoms. The van der Waals surface area contributed by atoms with Crippen LogP contribution in [0.1, 0.15) is 17.3 Å². The lowest BCUT2D eigenvalue weighted by Gasteiger charge is -1.99. The number of hydrogen-bond donors (Lipinski definition) is 1. The van der Waals surface area contributed by atoms with E-state index in [0.29, 0.717) is 18.3 Å². The van der Waals surface area contributed by atoms with E-state index in [1.165, 1.54) is 0 Å². The number of hydrogen-bond acceptors (Lipinski definition) is 6. The number of aromatic nitrogens is 4. The molecule has 6 heteroatoms. The van der Waals surface area contributed by atoms with Crippen molar-refractivity contribution in [3.63, 3.8) is 0 Å². The number of nitrogens with one attached hydrogen (secondary N) is 1. The summed E-state index contributed by atoms with van der Waals surface area (Å²) in [5, 5.41) is 18.8. The van der Waals surface area contributed by atoms with Gasteiger partial charge in [-0.05, 0) is 27.0 Å². The summed E-state index contributed by atoms with van der Waals surface area (Å²) in [4.78, 5) is 0. The monoisotopic (exact) mass is 219 g/mol. The molecule has 0 aromatic carbocycles. The quantitative estimate of drug-likeness (QED) is 0.825. The van der Waals surface area contributed by atoms with Gasteiger partial charge in [0.1, 0.15) is 0 Å². The Bertz CT molecular complexity index is 494. The highest BCUT2D eigenvalue weighted by Gasteiger charge is 2.11. The molecule has 0 atom stereocenters. The van der Waals surface area contributed by atoms with Gasteiger partial charge in [0.05, 0.1) is 23.5 Å². The zero-order chi connectivity index (χ0) is 11.5. The molecular formula is C10H13N5O. The minimum Gasteiger partial charge on any atom is -0.419 e. The normalized spacial score (nSPS) is 10.7. The zero-order valence-corrected chi connectivity index (χ0v) is 9.48. The Balaban J connectivity index is 2.38. The molecule has 0 aliphatic heterocycles. The molecule has 16 heavy (non-hydrogen) atoms. The van der Waals surface area contributed by atoms with Gasteiger partial charge in [-0.1, -0.05) is 0 Å². The van der Waals surface area contributed by atoms with Gasteiger partial charge in [-0.2, -0.15) is 10.2 Å². The molecule has 2 aromatic heterocycles. The molecule has 0 saturated carbocycles. The van der Waals surface area contributed by atoms with Crippen molar-refractivity contribution in [2.24, 2.45) is 0 Å². The van der Waals surface area contributed by atoms with Gasteiger partial charge in [-0.3, -0.25) is 0 Å². The molecule has 2 aromatic rings. The van der Waals surface area contributed by atoms with Crippen molar-refractivity contribution >= 4 is 0 Å². The van der Waals surface area contributed by atoms with Gasteiger partial charge in [-0.15, -0.1) is 10.2 Å². The Labute approximate surface area is 93.1 Å². The molecule has 2 heterocycles. The third-order valence-electron chi connectivity index (χ3n) is 2.13. The van der Waals surface area contributed by atoms with Crippen LogP contribution in [-0.4, -0.2) is 27.4 Å². The Kier molecular flexibility index (Phi) is 2.91. The summed E-state index contributed by atoms with van der Waals surface area (Å²) in [6, 6.07) is 1.89. The van der Waals surface area contributed by atoms with Crippen molar-refractivity contribution in [3.8, 4) is 11.5 Å². The summed E-state index contributed by atoms with van der Waals surface area (Å²) in [7, 11) is 1.83. The van der Waals surface area contributed by atoms with Crippen LogP contribution in [0, 0.1) is 13.8 Å². The second-order valence-electron chi connectivity index (χ2n) is 3.52. The highest BCUT2D eigenvalue weighted by Crippen LogP contribution is 2.20. The Morgan fingerprint density at radius 1 is 1.19 bits per heavy atom. The van der Waals surface area contributed by atoms with E-state index >= 15 is 0 Å². The van der Waals surface area contributed by atoms with Crippen LogP contribution in [-0.2, 0) is 6.54 Å². The van der Waals surface area contributed by atoms with E-state index in [1.54, 1.807) is 0 Å². The predicted octanol–water partition coefficient (Wildman–Crippen LogP) is 0.863. The van der Waals surface area contributed by atoms with Crippen LogP contribution in [0.4, 0.5) is 0 Å². The second-order valence-corrected chi connectivity index (χ2v) is 3.52. The maximum Gasteiger partial charge on any atom is 0.249 e. The molecule has 0 aliphatic carbocycles. The van der Waals surface area contributed by atoms with E-state index in [0.717, 1.165) is 17.0 Å². The summed E-state index contributed by atoms with van der Waals surface area (Å²) in [5.41, 5.74) is 2.45. The lowest BCUT2D eigenvalue weighted by atomic mass is 10.2. The van der Waals surface area contributed by atoms with Crippen LogP contribution in [0.15, 0.2) is 10.5 Å². The largest absolute Gasteiger partial charge is 0.419 e. The molecule has 0 saturated heterocycles. The first-order valence-corrected chi connectivity index (χ1v) is 4.99. The first kappa shape index (κ1) is 10.7. The molecule has 0 unspecified atom stereocenters.